The van der Waals surface area contributed by atoms with Crippen molar-refractivity contribution in [2.45, 2.75) is 0 Å². The Hall–Kier alpha value is -1.47. The first-order valence-corrected chi connectivity index (χ1v) is 6.82. The van der Waals surface area contributed by atoms with E-state index < -0.39 is 0 Å². The largest absolute Gasteiger partial charge is 0.274 e. The summed E-state index contributed by atoms with van der Waals surface area (Å²) in [5.41, 5.74) is 3.64. The molecule has 0 aliphatic heterocycles. The molecule has 0 unspecified atom stereocenters. The fourth-order valence-electron chi connectivity index (χ4n) is 1.36. The van der Waals surface area contributed by atoms with Crippen molar-refractivity contribution in [1.29, 1.82) is 0 Å². The molecule has 0 aliphatic carbocycles. The van der Waals surface area contributed by atoms with Gasteiger partial charge in [0.15, 0.2) is 0 Å². The fraction of sp³-hybridized carbons (Fsp3) is 0. The fourth-order valence-corrected chi connectivity index (χ4v) is 2.09. The van der Waals surface area contributed by atoms with Crippen LogP contribution in [0, 0.1) is 3.57 Å². The third-order valence-electron chi connectivity index (χ3n) is 2.28. The van der Waals surface area contributed by atoms with E-state index in [1.54, 1.807) is 18.3 Å². The number of hydrogen-bond acceptors (Lipinski definition) is 3. The van der Waals surface area contributed by atoms with Crippen LogP contribution in [0.1, 0.15) is 15.9 Å². The first-order valence-electron chi connectivity index (χ1n) is 5.37. The van der Waals surface area contributed by atoms with Crippen LogP contribution in [-0.4, -0.2) is 17.1 Å². The maximum absolute atomic E-state index is 11.8. The van der Waals surface area contributed by atoms with Crippen LogP contribution in [0.3, 0.4) is 0 Å². The highest BCUT2D eigenvalue weighted by atomic mass is 127. The van der Waals surface area contributed by atoms with Gasteiger partial charge in [0, 0.05) is 15.3 Å². The molecule has 2 rings (SSSR count). The van der Waals surface area contributed by atoms with Crippen molar-refractivity contribution in [2.24, 2.45) is 5.10 Å². The van der Waals surface area contributed by atoms with Crippen molar-refractivity contribution >= 4 is 46.3 Å². The number of nitrogens with zero attached hydrogens (tertiary/aromatic N) is 2. The number of hydrazone groups is 1. The molecule has 0 spiro atoms. The lowest BCUT2D eigenvalue weighted by Gasteiger charge is -2.01. The molecule has 0 aliphatic rings. The van der Waals surface area contributed by atoms with Crippen molar-refractivity contribution in [1.82, 2.24) is 10.4 Å². The number of nitrogens with one attached hydrogen (secondary N) is 1. The summed E-state index contributed by atoms with van der Waals surface area (Å²) in [4.78, 5) is 15.6. The Bertz CT molecular complexity index is 631. The maximum atomic E-state index is 11.8. The Morgan fingerprint density at radius 2 is 2.11 bits per heavy atom. The van der Waals surface area contributed by atoms with Gasteiger partial charge in [-0.1, -0.05) is 29.8 Å². The summed E-state index contributed by atoms with van der Waals surface area (Å²) in [6.07, 6.45) is 3.11. The van der Waals surface area contributed by atoms with Crippen LogP contribution < -0.4 is 5.43 Å². The third-order valence-corrected chi connectivity index (χ3v) is 3.56. The van der Waals surface area contributed by atoms with E-state index in [0.29, 0.717) is 5.56 Å². The summed E-state index contributed by atoms with van der Waals surface area (Å²) in [6.45, 7) is 0. The molecule has 0 saturated carbocycles. The van der Waals surface area contributed by atoms with Crippen LogP contribution >= 0.6 is 34.2 Å². The first-order chi connectivity index (χ1) is 9.18. The molecule has 0 atom stereocenters. The molecule has 0 bridgehead atoms. The van der Waals surface area contributed by atoms with E-state index in [1.807, 2.05) is 24.3 Å². The molecule has 1 amide bonds. The minimum atomic E-state index is -0.389. The highest BCUT2D eigenvalue weighted by molar-refractivity contribution is 14.1. The predicted molar refractivity (Wildman–Crippen MR) is 83.5 cm³/mol. The smallest absolute Gasteiger partial charge is 0.267 e. The molecular formula is C13H9ClIN3O. The van der Waals surface area contributed by atoms with Gasteiger partial charge in [0.1, 0.15) is 5.15 Å². The highest BCUT2D eigenvalue weighted by Gasteiger charge is 2.09. The number of aromatic nitrogens is 1. The monoisotopic (exact) mass is 385 g/mol. The Morgan fingerprint density at radius 3 is 2.84 bits per heavy atom. The second-order valence-electron chi connectivity index (χ2n) is 3.56. The lowest BCUT2D eigenvalue weighted by Crippen LogP contribution is -2.18. The molecule has 1 aromatic heterocycles. The molecule has 1 heterocycles. The van der Waals surface area contributed by atoms with Gasteiger partial charge in [-0.05, 0) is 40.8 Å². The average molecular weight is 386 g/mol. The Morgan fingerprint density at radius 1 is 1.32 bits per heavy atom. The van der Waals surface area contributed by atoms with Gasteiger partial charge in [-0.25, -0.2) is 10.4 Å². The van der Waals surface area contributed by atoms with Gasteiger partial charge in [0.05, 0.1) is 11.8 Å². The Kier molecular flexibility index (Phi) is 4.86. The standard InChI is InChI=1S/C13H9ClIN3O/c14-12-10(5-3-7-16-12)13(19)18-17-8-9-4-1-2-6-11(9)15/h1-8H,(H,18,19)/b17-8-. The van der Waals surface area contributed by atoms with Crippen LogP contribution in [-0.2, 0) is 0 Å². The second-order valence-corrected chi connectivity index (χ2v) is 5.08. The van der Waals surface area contributed by atoms with E-state index in [-0.39, 0.29) is 11.1 Å². The van der Waals surface area contributed by atoms with E-state index in [0.717, 1.165) is 9.13 Å². The number of carbonyl (C=O) groups is 1. The Balaban J connectivity index is 2.06. The van der Waals surface area contributed by atoms with Gasteiger partial charge < -0.3 is 0 Å². The van der Waals surface area contributed by atoms with E-state index >= 15 is 0 Å². The van der Waals surface area contributed by atoms with E-state index in [4.69, 9.17) is 11.6 Å². The van der Waals surface area contributed by atoms with E-state index in [2.05, 4.69) is 38.1 Å². The van der Waals surface area contributed by atoms with Gasteiger partial charge >= 0.3 is 0 Å². The number of pyridine rings is 1. The molecule has 4 nitrogen and oxygen atoms in total. The lowest BCUT2D eigenvalue weighted by molar-refractivity contribution is 0.0955. The van der Waals surface area contributed by atoms with Gasteiger partial charge in [0.2, 0.25) is 0 Å². The van der Waals surface area contributed by atoms with Gasteiger partial charge in [-0.15, -0.1) is 0 Å². The SMILES string of the molecule is O=C(N/N=C\c1ccccc1I)c1cccnc1Cl. The van der Waals surface area contributed by atoms with Crippen molar-refractivity contribution in [3.63, 3.8) is 0 Å². The average Bonchev–Trinajstić information content (AvgIpc) is 2.41. The lowest BCUT2D eigenvalue weighted by atomic mass is 10.2. The normalized spacial score (nSPS) is 10.6. The van der Waals surface area contributed by atoms with Crippen molar-refractivity contribution < 1.29 is 4.79 Å². The van der Waals surface area contributed by atoms with Gasteiger partial charge in [-0.3, -0.25) is 4.79 Å². The third kappa shape index (κ3) is 3.74. The quantitative estimate of drug-likeness (QED) is 0.382. The zero-order valence-corrected chi connectivity index (χ0v) is 12.6. The minimum Gasteiger partial charge on any atom is -0.267 e. The first kappa shape index (κ1) is 14.0. The summed E-state index contributed by atoms with van der Waals surface area (Å²) in [5.74, 6) is -0.389. The predicted octanol–water partition coefficient (Wildman–Crippen LogP) is 3.10. The molecule has 0 fully saturated rings. The zero-order chi connectivity index (χ0) is 13.7. The number of amides is 1. The Labute approximate surface area is 129 Å². The molecule has 19 heavy (non-hydrogen) atoms. The molecular weight excluding hydrogens is 377 g/mol. The summed E-state index contributed by atoms with van der Waals surface area (Å²) in [7, 11) is 0. The highest BCUT2D eigenvalue weighted by Crippen LogP contribution is 2.11. The molecule has 96 valence electrons. The van der Waals surface area contributed by atoms with Gasteiger partial charge in [0.25, 0.3) is 5.91 Å². The minimum absolute atomic E-state index is 0.157. The number of halogens is 2. The van der Waals surface area contributed by atoms with Crippen LogP contribution in [0.25, 0.3) is 0 Å². The summed E-state index contributed by atoms with van der Waals surface area (Å²) >= 11 is 8.01. The van der Waals surface area contributed by atoms with Crippen LogP contribution in [0.2, 0.25) is 5.15 Å². The van der Waals surface area contributed by atoms with Crippen LogP contribution in [0.5, 0.6) is 0 Å². The van der Waals surface area contributed by atoms with Crippen LogP contribution in [0.15, 0.2) is 47.7 Å². The number of hydrogen-bond donors (Lipinski definition) is 1. The summed E-state index contributed by atoms with van der Waals surface area (Å²) < 4.78 is 1.05. The topological polar surface area (TPSA) is 54.4 Å². The number of carbonyl (C=O) groups excluding carboxylic acids is 1. The molecule has 1 aromatic carbocycles. The maximum Gasteiger partial charge on any atom is 0.274 e. The molecule has 1 N–H and O–H groups in total. The molecule has 2 aromatic rings. The molecule has 0 radical (unpaired) electrons. The molecule has 6 heteroatoms. The summed E-state index contributed by atoms with van der Waals surface area (Å²) in [5, 5.41) is 4.06. The zero-order valence-electron chi connectivity index (χ0n) is 9.68. The number of rotatable bonds is 3. The summed E-state index contributed by atoms with van der Waals surface area (Å²) in [6, 6.07) is 10.9. The van der Waals surface area contributed by atoms with Crippen molar-refractivity contribution in [3.05, 3.63) is 62.4 Å². The van der Waals surface area contributed by atoms with E-state index in [1.165, 1.54) is 6.20 Å². The van der Waals surface area contributed by atoms with Gasteiger partial charge in [-0.2, -0.15) is 5.10 Å². The molecule has 0 saturated heterocycles. The van der Waals surface area contributed by atoms with Crippen LogP contribution in [0.4, 0.5) is 0 Å². The van der Waals surface area contributed by atoms with Crippen molar-refractivity contribution in [3.8, 4) is 0 Å². The van der Waals surface area contributed by atoms with Crippen molar-refractivity contribution in [2.75, 3.05) is 0 Å². The van der Waals surface area contributed by atoms with E-state index in [9.17, 15) is 4.79 Å². The second kappa shape index (κ2) is 6.63. The number of benzene rings is 1.